The second-order valence-electron chi connectivity index (χ2n) is 7.06. The molecule has 4 unspecified atom stereocenters. The molecule has 0 saturated heterocycles. The van der Waals surface area contributed by atoms with Crippen molar-refractivity contribution in [2.75, 3.05) is 14.2 Å². The summed E-state index contributed by atoms with van der Waals surface area (Å²) in [5, 5.41) is 0.482. The Kier molecular flexibility index (Phi) is 2.50. The van der Waals surface area contributed by atoms with E-state index in [-0.39, 0.29) is 10.1 Å². The third-order valence-corrected chi connectivity index (χ3v) is 11.4. The maximum Gasteiger partial charge on any atom is 0.358 e. The van der Waals surface area contributed by atoms with E-state index in [2.05, 4.69) is 24.3 Å². The van der Waals surface area contributed by atoms with Gasteiger partial charge in [-0.15, -0.1) is 0 Å². The summed E-state index contributed by atoms with van der Waals surface area (Å²) in [6, 6.07) is 0. The molecule has 0 spiro atoms. The first-order chi connectivity index (χ1) is 9.19. The molecule has 0 N–H and O–H groups in total. The van der Waals surface area contributed by atoms with E-state index >= 15 is 0 Å². The smallest absolute Gasteiger partial charge is 0.358 e. The Bertz CT molecular complexity index is 416. The first kappa shape index (κ1) is 12.4. The molecule has 4 atom stereocenters. The minimum absolute atomic E-state index is 0.241. The van der Waals surface area contributed by atoms with Gasteiger partial charge in [0.05, 0.1) is 0 Å². The molecule has 2 nitrogen and oxygen atoms in total. The van der Waals surface area contributed by atoms with Crippen molar-refractivity contribution < 1.29 is 8.85 Å². The largest absolute Gasteiger partial charge is 0.397 e. The minimum Gasteiger partial charge on any atom is -0.397 e. The summed E-state index contributed by atoms with van der Waals surface area (Å²) in [6.07, 6.45) is 17.6. The fourth-order valence-corrected chi connectivity index (χ4v) is 11.1. The van der Waals surface area contributed by atoms with Crippen LogP contribution in [0.1, 0.15) is 38.5 Å². The second-order valence-corrected chi connectivity index (χ2v) is 11.1. The molecule has 2 saturated carbocycles. The van der Waals surface area contributed by atoms with Gasteiger partial charge < -0.3 is 8.85 Å². The maximum absolute atomic E-state index is 6.31. The van der Waals surface area contributed by atoms with E-state index < -0.39 is 8.56 Å². The lowest BCUT2D eigenvalue weighted by Gasteiger charge is -2.50. The SMILES string of the molecule is CO[Si](OC)(C12C=CC(CC1)C2)C12C=CC(CC1)C2. The van der Waals surface area contributed by atoms with Crippen molar-refractivity contribution in [1.82, 2.24) is 0 Å². The van der Waals surface area contributed by atoms with Crippen LogP contribution in [-0.2, 0) is 8.85 Å². The molecular weight excluding hydrogens is 252 g/mol. The highest BCUT2D eigenvalue weighted by molar-refractivity contribution is 6.75. The summed E-state index contributed by atoms with van der Waals surface area (Å²) in [5.41, 5.74) is 0. The van der Waals surface area contributed by atoms with Gasteiger partial charge in [0.15, 0.2) is 0 Å². The predicted molar refractivity (Wildman–Crippen MR) is 78.1 cm³/mol. The van der Waals surface area contributed by atoms with Crippen LogP contribution in [0.3, 0.4) is 0 Å². The summed E-state index contributed by atoms with van der Waals surface area (Å²) < 4.78 is 12.6. The van der Waals surface area contributed by atoms with Crippen LogP contribution in [0.15, 0.2) is 24.3 Å². The van der Waals surface area contributed by atoms with Gasteiger partial charge in [0.2, 0.25) is 0 Å². The molecule has 0 aliphatic heterocycles. The van der Waals surface area contributed by atoms with Gasteiger partial charge in [0.1, 0.15) is 0 Å². The Morgan fingerprint density at radius 3 is 1.58 bits per heavy atom. The van der Waals surface area contributed by atoms with Crippen molar-refractivity contribution in [2.24, 2.45) is 11.8 Å². The quantitative estimate of drug-likeness (QED) is 0.572. The number of rotatable bonds is 4. The molecule has 4 rings (SSSR count). The molecule has 2 fully saturated rings. The number of hydrogen-bond acceptors (Lipinski definition) is 2. The number of hydrogen-bond donors (Lipinski definition) is 0. The molecular formula is C16H24O2Si. The molecule has 0 amide bonds. The Morgan fingerprint density at radius 1 is 0.895 bits per heavy atom. The zero-order chi connectivity index (χ0) is 13.1. The highest BCUT2D eigenvalue weighted by Gasteiger charge is 2.71. The van der Waals surface area contributed by atoms with Gasteiger partial charge in [-0.25, -0.2) is 0 Å². The van der Waals surface area contributed by atoms with Crippen LogP contribution in [-0.4, -0.2) is 22.8 Å². The number of allylic oxidation sites excluding steroid dienone is 4. The molecule has 3 heteroatoms. The van der Waals surface area contributed by atoms with Crippen molar-refractivity contribution in [3.05, 3.63) is 24.3 Å². The molecule has 4 aliphatic carbocycles. The van der Waals surface area contributed by atoms with Gasteiger partial charge in [-0.05, 0) is 50.4 Å². The third kappa shape index (κ3) is 1.29. The molecule has 19 heavy (non-hydrogen) atoms. The van der Waals surface area contributed by atoms with Gasteiger partial charge in [-0.2, -0.15) is 0 Å². The van der Waals surface area contributed by atoms with E-state index in [4.69, 9.17) is 8.85 Å². The maximum atomic E-state index is 6.31. The first-order valence-corrected chi connectivity index (χ1v) is 9.50. The average Bonchev–Trinajstić information content (AvgIpc) is 3.21. The van der Waals surface area contributed by atoms with Crippen LogP contribution in [0.2, 0.25) is 10.1 Å². The zero-order valence-electron chi connectivity index (χ0n) is 12.0. The van der Waals surface area contributed by atoms with E-state index in [1.165, 1.54) is 38.5 Å². The molecule has 4 bridgehead atoms. The van der Waals surface area contributed by atoms with Crippen LogP contribution < -0.4 is 0 Å². The molecule has 104 valence electrons. The van der Waals surface area contributed by atoms with E-state index in [1.807, 2.05) is 14.2 Å². The Balaban J connectivity index is 1.83. The zero-order valence-corrected chi connectivity index (χ0v) is 13.0. The highest BCUT2D eigenvalue weighted by atomic mass is 28.4. The van der Waals surface area contributed by atoms with Crippen molar-refractivity contribution >= 4 is 8.56 Å². The monoisotopic (exact) mass is 276 g/mol. The molecule has 0 aromatic carbocycles. The lowest BCUT2D eigenvalue weighted by molar-refractivity contribution is 0.186. The van der Waals surface area contributed by atoms with Gasteiger partial charge in [0, 0.05) is 24.3 Å². The minimum atomic E-state index is -2.27. The van der Waals surface area contributed by atoms with Crippen molar-refractivity contribution in [3.8, 4) is 0 Å². The molecule has 0 aromatic heterocycles. The third-order valence-electron chi connectivity index (χ3n) is 6.44. The molecule has 0 radical (unpaired) electrons. The first-order valence-electron chi connectivity index (χ1n) is 7.68. The van der Waals surface area contributed by atoms with Crippen molar-refractivity contribution in [2.45, 2.75) is 48.6 Å². The Hall–Kier alpha value is -0.383. The van der Waals surface area contributed by atoms with E-state index in [1.54, 1.807) is 0 Å². The summed E-state index contributed by atoms with van der Waals surface area (Å²) in [4.78, 5) is 0. The molecule has 0 aromatic rings. The average molecular weight is 276 g/mol. The predicted octanol–water partition coefficient (Wildman–Crippen LogP) is 3.94. The van der Waals surface area contributed by atoms with E-state index in [0.29, 0.717) is 0 Å². The second kappa shape index (κ2) is 3.83. The van der Waals surface area contributed by atoms with Gasteiger partial charge in [0.25, 0.3) is 0 Å². The van der Waals surface area contributed by atoms with Crippen LogP contribution in [0.4, 0.5) is 0 Å². The van der Waals surface area contributed by atoms with Gasteiger partial charge >= 0.3 is 8.56 Å². The normalized spacial score (nSPS) is 46.6. The van der Waals surface area contributed by atoms with Crippen LogP contribution in [0.25, 0.3) is 0 Å². The van der Waals surface area contributed by atoms with Crippen molar-refractivity contribution in [3.63, 3.8) is 0 Å². The lowest BCUT2D eigenvalue weighted by atomic mass is 10.1. The Morgan fingerprint density at radius 2 is 1.37 bits per heavy atom. The summed E-state index contributed by atoms with van der Waals surface area (Å²) in [6.45, 7) is 0. The van der Waals surface area contributed by atoms with Crippen molar-refractivity contribution in [1.29, 1.82) is 0 Å². The summed E-state index contributed by atoms with van der Waals surface area (Å²) in [7, 11) is 1.56. The molecule has 0 heterocycles. The Labute approximate surface area is 117 Å². The van der Waals surface area contributed by atoms with Crippen LogP contribution >= 0.6 is 0 Å². The highest BCUT2D eigenvalue weighted by Crippen LogP contribution is 2.72. The van der Waals surface area contributed by atoms with Gasteiger partial charge in [-0.3, -0.25) is 0 Å². The number of fused-ring (bicyclic) bond motifs is 4. The standard InChI is InChI=1S/C16H24O2Si/c1-17-19(18-2,15-7-3-13(11-15)4-8-15)16-9-5-14(12-16)6-10-16/h3,5,7,9,13-14H,4,6,8,10-12H2,1-2H3. The lowest BCUT2D eigenvalue weighted by Crippen LogP contribution is -2.58. The van der Waals surface area contributed by atoms with E-state index in [0.717, 1.165) is 11.8 Å². The topological polar surface area (TPSA) is 18.5 Å². The van der Waals surface area contributed by atoms with E-state index in [9.17, 15) is 0 Å². The van der Waals surface area contributed by atoms with Crippen LogP contribution in [0.5, 0.6) is 0 Å². The van der Waals surface area contributed by atoms with Crippen LogP contribution in [0, 0.1) is 11.8 Å². The summed E-state index contributed by atoms with van der Waals surface area (Å²) in [5.74, 6) is 1.58. The fraction of sp³-hybridized carbons (Fsp3) is 0.750. The molecule has 4 aliphatic rings. The fourth-order valence-electron chi connectivity index (χ4n) is 5.71. The summed E-state index contributed by atoms with van der Waals surface area (Å²) >= 11 is 0. The van der Waals surface area contributed by atoms with Gasteiger partial charge in [-0.1, -0.05) is 24.3 Å².